The van der Waals surface area contributed by atoms with Gasteiger partial charge in [0.2, 0.25) is 10.0 Å². The van der Waals surface area contributed by atoms with Gasteiger partial charge in [0, 0.05) is 30.2 Å². The number of sulfonamides is 1. The van der Waals surface area contributed by atoms with E-state index >= 15 is 0 Å². The minimum Gasteiger partial charge on any atom is -0.328 e. The zero-order valence-corrected chi connectivity index (χ0v) is 13.7. The summed E-state index contributed by atoms with van der Waals surface area (Å²) in [5.74, 6) is 0. The topological polar surface area (TPSA) is 76.3 Å². The van der Waals surface area contributed by atoms with Crippen LogP contribution in [0.5, 0.6) is 0 Å². The number of hydrogen-bond donors (Lipinski definition) is 1. The Hall–Kier alpha value is -1.50. The molecule has 118 valence electrons. The highest BCUT2D eigenvalue weighted by atomic mass is 32.2. The van der Waals surface area contributed by atoms with Gasteiger partial charge in [-0.2, -0.15) is 4.31 Å². The monoisotopic (exact) mass is 319 g/mol. The largest absolute Gasteiger partial charge is 0.328 e. The van der Waals surface area contributed by atoms with Crippen molar-refractivity contribution in [3.8, 4) is 0 Å². The Morgan fingerprint density at radius 2 is 2.09 bits per heavy atom. The minimum atomic E-state index is -3.54. The second-order valence-corrected chi connectivity index (χ2v) is 7.89. The standard InChI is InChI=1S/C16H21N3O2S/c1-11-5-6-15(14-4-3-8-18-16(11)14)22(20,21)19-9-7-13(17)10-12(19)2/h3-6,8,12-13H,7,9-10,17H2,1-2H3. The summed E-state index contributed by atoms with van der Waals surface area (Å²) in [6.45, 7) is 4.33. The minimum absolute atomic E-state index is 0.0814. The molecule has 1 saturated heterocycles. The number of piperidine rings is 1. The van der Waals surface area contributed by atoms with E-state index in [0.717, 1.165) is 11.1 Å². The van der Waals surface area contributed by atoms with Gasteiger partial charge in [0.25, 0.3) is 0 Å². The van der Waals surface area contributed by atoms with E-state index in [1.807, 2.05) is 26.0 Å². The lowest BCUT2D eigenvalue weighted by Crippen LogP contribution is -2.48. The summed E-state index contributed by atoms with van der Waals surface area (Å²) < 4.78 is 27.8. The van der Waals surface area contributed by atoms with Crippen molar-refractivity contribution < 1.29 is 8.42 Å². The second-order valence-electron chi connectivity index (χ2n) is 6.03. The van der Waals surface area contributed by atoms with Crippen LogP contribution in [-0.2, 0) is 10.0 Å². The molecule has 1 aliphatic heterocycles. The fourth-order valence-electron chi connectivity index (χ4n) is 3.18. The Balaban J connectivity index is 2.12. The third-order valence-electron chi connectivity index (χ3n) is 4.37. The number of nitrogens with zero attached hydrogens (tertiary/aromatic N) is 2. The number of fused-ring (bicyclic) bond motifs is 1. The molecule has 5 nitrogen and oxygen atoms in total. The molecule has 6 heteroatoms. The molecule has 22 heavy (non-hydrogen) atoms. The van der Waals surface area contributed by atoms with Crippen LogP contribution in [0.3, 0.4) is 0 Å². The third kappa shape index (κ3) is 2.51. The normalized spacial score (nSPS) is 23.8. The molecule has 1 aromatic carbocycles. The maximum atomic E-state index is 13.1. The van der Waals surface area contributed by atoms with E-state index < -0.39 is 10.0 Å². The quantitative estimate of drug-likeness (QED) is 0.919. The third-order valence-corrected chi connectivity index (χ3v) is 6.45. The SMILES string of the molecule is Cc1ccc(S(=O)(=O)N2CCC(N)CC2C)c2cccnc12. The highest BCUT2D eigenvalue weighted by Crippen LogP contribution is 2.30. The number of hydrogen-bond acceptors (Lipinski definition) is 4. The van der Waals surface area contributed by atoms with Gasteiger partial charge >= 0.3 is 0 Å². The molecule has 0 radical (unpaired) electrons. The average molecular weight is 319 g/mol. The Labute approximate surface area is 131 Å². The number of aromatic nitrogens is 1. The Kier molecular flexibility index (Phi) is 3.92. The number of rotatable bonds is 2. The molecule has 2 N–H and O–H groups in total. The molecule has 0 spiro atoms. The van der Waals surface area contributed by atoms with E-state index in [9.17, 15) is 8.42 Å². The first-order valence-corrected chi connectivity index (χ1v) is 8.97. The first-order chi connectivity index (χ1) is 10.4. The number of pyridine rings is 1. The molecule has 3 rings (SSSR count). The van der Waals surface area contributed by atoms with E-state index in [0.29, 0.717) is 29.7 Å². The van der Waals surface area contributed by atoms with E-state index in [1.165, 1.54) is 0 Å². The number of nitrogens with two attached hydrogens (primary N) is 1. The molecule has 1 aliphatic rings. The van der Waals surface area contributed by atoms with E-state index in [1.54, 1.807) is 22.6 Å². The van der Waals surface area contributed by atoms with E-state index in [-0.39, 0.29) is 12.1 Å². The smallest absolute Gasteiger partial charge is 0.243 e. The molecular weight excluding hydrogens is 298 g/mol. The van der Waals surface area contributed by atoms with Crippen molar-refractivity contribution in [3.63, 3.8) is 0 Å². The average Bonchev–Trinajstić information content (AvgIpc) is 2.47. The lowest BCUT2D eigenvalue weighted by atomic mass is 10.0. The summed E-state index contributed by atoms with van der Waals surface area (Å²) in [6, 6.07) is 7.11. The summed E-state index contributed by atoms with van der Waals surface area (Å²) in [5, 5.41) is 0.685. The summed E-state index contributed by atoms with van der Waals surface area (Å²) in [5.41, 5.74) is 7.66. The molecule has 2 atom stereocenters. The molecule has 2 heterocycles. The van der Waals surface area contributed by atoms with Crippen molar-refractivity contribution in [1.82, 2.24) is 9.29 Å². The molecule has 2 aromatic rings. The van der Waals surface area contributed by atoms with Crippen molar-refractivity contribution in [1.29, 1.82) is 0 Å². The van der Waals surface area contributed by atoms with Crippen LogP contribution in [0.2, 0.25) is 0 Å². The first-order valence-electron chi connectivity index (χ1n) is 7.53. The van der Waals surface area contributed by atoms with Crippen molar-refractivity contribution in [2.45, 2.75) is 43.7 Å². The van der Waals surface area contributed by atoms with Crippen LogP contribution >= 0.6 is 0 Å². The molecule has 0 saturated carbocycles. The van der Waals surface area contributed by atoms with Crippen molar-refractivity contribution in [3.05, 3.63) is 36.0 Å². The van der Waals surface area contributed by atoms with E-state index in [2.05, 4.69) is 4.98 Å². The van der Waals surface area contributed by atoms with Crippen LogP contribution in [0.25, 0.3) is 10.9 Å². The second kappa shape index (κ2) is 5.61. The predicted octanol–water partition coefficient (Wildman–Crippen LogP) is 2.04. The molecule has 0 aliphatic carbocycles. The van der Waals surface area contributed by atoms with Gasteiger partial charge in [0.15, 0.2) is 0 Å². The molecular formula is C16H21N3O2S. The highest BCUT2D eigenvalue weighted by Gasteiger charge is 2.34. The molecule has 2 unspecified atom stereocenters. The van der Waals surface area contributed by atoms with Crippen LogP contribution in [0.15, 0.2) is 35.4 Å². The summed E-state index contributed by atoms with van der Waals surface area (Å²) in [7, 11) is -3.54. The maximum Gasteiger partial charge on any atom is 0.243 e. The van der Waals surface area contributed by atoms with Gasteiger partial charge in [-0.05, 0) is 50.5 Å². The fourth-order valence-corrected chi connectivity index (χ4v) is 5.02. The Morgan fingerprint density at radius 1 is 1.32 bits per heavy atom. The van der Waals surface area contributed by atoms with Gasteiger partial charge in [-0.25, -0.2) is 8.42 Å². The number of aryl methyl sites for hydroxylation is 1. The maximum absolute atomic E-state index is 13.1. The van der Waals surface area contributed by atoms with Crippen molar-refractivity contribution >= 4 is 20.9 Å². The van der Waals surface area contributed by atoms with Gasteiger partial charge in [-0.1, -0.05) is 6.07 Å². The lowest BCUT2D eigenvalue weighted by molar-refractivity contribution is 0.247. The molecule has 1 fully saturated rings. The first kappa shape index (κ1) is 15.4. The zero-order valence-electron chi connectivity index (χ0n) is 12.9. The van der Waals surface area contributed by atoms with Gasteiger partial charge in [0.05, 0.1) is 10.4 Å². The van der Waals surface area contributed by atoms with Gasteiger partial charge in [-0.15, -0.1) is 0 Å². The molecule has 0 amide bonds. The summed E-state index contributed by atoms with van der Waals surface area (Å²) in [4.78, 5) is 4.66. The fraction of sp³-hybridized carbons (Fsp3) is 0.438. The highest BCUT2D eigenvalue weighted by molar-refractivity contribution is 7.89. The summed E-state index contributed by atoms with van der Waals surface area (Å²) >= 11 is 0. The van der Waals surface area contributed by atoms with Crippen LogP contribution in [0, 0.1) is 6.92 Å². The molecule has 1 aromatic heterocycles. The van der Waals surface area contributed by atoms with Crippen LogP contribution in [0.4, 0.5) is 0 Å². The van der Waals surface area contributed by atoms with Crippen LogP contribution < -0.4 is 5.73 Å². The van der Waals surface area contributed by atoms with Crippen molar-refractivity contribution in [2.24, 2.45) is 5.73 Å². The number of benzene rings is 1. The van der Waals surface area contributed by atoms with Crippen molar-refractivity contribution in [2.75, 3.05) is 6.54 Å². The van der Waals surface area contributed by atoms with Gasteiger partial charge < -0.3 is 5.73 Å². The Morgan fingerprint density at radius 3 is 2.82 bits per heavy atom. The van der Waals surface area contributed by atoms with Gasteiger partial charge in [-0.3, -0.25) is 4.98 Å². The predicted molar refractivity (Wildman–Crippen MR) is 87.0 cm³/mol. The van der Waals surface area contributed by atoms with Crippen LogP contribution in [0.1, 0.15) is 25.3 Å². The molecule has 0 bridgehead atoms. The Bertz CT molecular complexity index is 804. The lowest BCUT2D eigenvalue weighted by Gasteiger charge is -2.35. The summed E-state index contributed by atoms with van der Waals surface area (Å²) in [6.07, 6.45) is 3.08. The van der Waals surface area contributed by atoms with E-state index in [4.69, 9.17) is 5.73 Å². The van der Waals surface area contributed by atoms with Crippen LogP contribution in [-0.4, -0.2) is 36.3 Å². The zero-order chi connectivity index (χ0) is 15.9. The van der Waals surface area contributed by atoms with Gasteiger partial charge in [0.1, 0.15) is 0 Å².